The van der Waals surface area contributed by atoms with E-state index in [-0.39, 0.29) is 23.7 Å². The van der Waals surface area contributed by atoms with Crippen LogP contribution in [0.5, 0.6) is 5.75 Å². The Morgan fingerprint density at radius 2 is 2.21 bits per heavy atom. The second kappa shape index (κ2) is 5.61. The van der Waals surface area contributed by atoms with Gasteiger partial charge in [0.05, 0.1) is 5.56 Å². The number of amides is 1. The minimum absolute atomic E-state index is 0.0455. The Morgan fingerprint density at radius 1 is 1.47 bits per heavy atom. The molecule has 1 aliphatic heterocycles. The number of nitrogens with zero attached hydrogens (tertiary/aromatic N) is 1. The zero-order valence-electron chi connectivity index (χ0n) is 11.6. The molecular formula is C15H22N2O2. The molecule has 0 aliphatic carbocycles. The summed E-state index contributed by atoms with van der Waals surface area (Å²) in [4.78, 5) is 14.5. The van der Waals surface area contributed by atoms with Gasteiger partial charge in [-0.2, -0.15) is 0 Å². The van der Waals surface area contributed by atoms with Crippen LogP contribution < -0.4 is 5.73 Å². The van der Waals surface area contributed by atoms with E-state index in [1.54, 1.807) is 18.2 Å². The number of hydrogen-bond donors (Lipinski definition) is 2. The third-order valence-electron chi connectivity index (χ3n) is 3.92. The first kappa shape index (κ1) is 13.9. The Bertz CT molecular complexity index is 473. The SMILES string of the molecule is Cc1ccc(O)c(C(=O)N2C(C)CCCC2CN)c1. The number of phenolic OH excluding ortho intramolecular Hbond substituents is 1. The average molecular weight is 262 g/mol. The predicted molar refractivity (Wildman–Crippen MR) is 75.2 cm³/mol. The maximum atomic E-state index is 12.7. The number of carbonyl (C=O) groups is 1. The normalized spacial score (nSPS) is 23.4. The van der Waals surface area contributed by atoms with Crippen molar-refractivity contribution in [3.63, 3.8) is 0 Å². The highest BCUT2D eigenvalue weighted by Gasteiger charge is 2.32. The Kier molecular flexibility index (Phi) is 4.10. The molecule has 0 radical (unpaired) electrons. The molecule has 1 fully saturated rings. The largest absolute Gasteiger partial charge is 0.507 e. The number of aryl methyl sites for hydroxylation is 1. The summed E-state index contributed by atoms with van der Waals surface area (Å²) >= 11 is 0. The lowest BCUT2D eigenvalue weighted by molar-refractivity contribution is 0.0491. The fourth-order valence-corrected chi connectivity index (χ4v) is 2.84. The lowest BCUT2D eigenvalue weighted by Gasteiger charge is -2.40. The Morgan fingerprint density at radius 3 is 2.89 bits per heavy atom. The molecule has 1 amide bonds. The molecule has 4 heteroatoms. The lowest BCUT2D eigenvalue weighted by Crippen LogP contribution is -2.51. The van der Waals surface area contributed by atoms with E-state index < -0.39 is 0 Å². The van der Waals surface area contributed by atoms with Gasteiger partial charge in [-0.25, -0.2) is 0 Å². The number of nitrogens with two attached hydrogens (primary N) is 1. The summed E-state index contributed by atoms with van der Waals surface area (Å²) in [6.07, 6.45) is 3.04. The molecule has 0 aromatic heterocycles. The second-order valence-corrected chi connectivity index (χ2v) is 5.40. The summed E-state index contributed by atoms with van der Waals surface area (Å²) in [5.41, 5.74) is 7.13. The fraction of sp³-hybridized carbons (Fsp3) is 0.533. The number of likely N-dealkylation sites (tertiary alicyclic amines) is 1. The zero-order chi connectivity index (χ0) is 14.0. The Balaban J connectivity index is 2.33. The van der Waals surface area contributed by atoms with Gasteiger partial charge in [-0.15, -0.1) is 0 Å². The van der Waals surface area contributed by atoms with Crippen LogP contribution in [-0.4, -0.2) is 34.5 Å². The molecule has 1 saturated heterocycles. The summed E-state index contributed by atoms with van der Waals surface area (Å²) in [7, 11) is 0. The van der Waals surface area contributed by atoms with Gasteiger partial charge in [-0.3, -0.25) is 4.79 Å². The third kappa shape index (κ3) is 2.73. The maximum absolute atomic E-state index is 12.7. The summed E-state index contributed by atoms with van der Waals surface area (Å²) in [5.74, 6) is -0.0620. The van der Waals surface area contributed by atoms with E-state index in [1.165, 1.54) is 0 Å². The molecule has 2 rings (SSSR count). The summed E-state index contributed by atoms with van der Waals surface area (Å²) in [6.45, 7) is 4.44. The number of piperidine rings is 1. The van der Waals surface area contributed by atoms with E-state index in [1.807, 2.05) is 18.7 Å². The van der Waals surface area contributed by atoms with Gasteiger partial charge in [0.15, 0.2) is 0 Å². The van der Waals surface area contributed by atoms with Crippen LogP contribution >= 0.6 is 0 Å². The highest BCUT2D eigenvalue weighted by Crippen LogP contribution is 2.27. The first-order valence-electron chi connectivity index (χ1n) is 6.87. The fourth-order valence-electron chi connectivity index (χ4n) is 2.84. The van der Waals surface area contributed by atoms with Gasteiger partial charge in [0.2, 0.25) is 0 Å². The van der Waals surface area contributed by atoms with Crippen molar-refractivity contribution < 1.29 is 9.90 Å². The van der Waals surface area contributed by atoms with Crippen LogP contribution in [0.4, 0.5) is 0 Å². The standard InChI is InChI=1S/C15H22N2O2/c1-10-6-7-14(18)13(8-10)15(19)17-11(2)4-3-5-12(17)9-16/h6-8,11-12,18H,3-5,9,16H2,1-2H3. The van der Waals surface area contributed by atoms with Crippen molar-refractivity contribution in [1.29, 1.82) is 0 Å². The molecule has 4 nitrogen and oxygen atoms in total. The molecule has 104 valence electrons. The molecule has 0 bridgehead atoms. The van der Waals surface area contributed by atoms with E-state index in [4.69, 9.17) is 5.73 Å². The van der Waals surface area contributed by atoms with Crippen LogP contribution in [0.25, 0.3) is 0 Å². The molecule has 1 aromatic rings. The number of rotatable bonds is 2. The quantitative estimate of drug-likeness (QED) is 0.857. The Hall–Kier alpha value is -1.55. The van der Waals surface area contributed by atoms with E-state index in [2.05, 4.69) is 0 Å². The molecule has 1 aliphatic rings. The molecule has 3 N–H and O–H groups in total. The van der Waals surface area contributed by atoms with E-state index >= 15 is 0 Å². The number of aromatic hydroxyl groups is 1. The predicted octanol–water partition coefficient (Wildman–Crippen LogP) is 2.04. The van der Waals surface area contributed by atoms with Crippen LogP contribution in [0.1, 0.15) is 42.1 Å². The zero-order valence-corrected chi connectivity index (χ0v) is 11.6. The van der Waals surface area contributed by atoms with Crippen molar-refractivity contribution >= 4 is 5.91 Å². The van der Waals surface area contributed by atoms with Crippen LogP contribution in [0.3, 0.4) is 0 Å². The molecular weight excluding hydrogens is 240 g/mol. The first-order chi connectivity index (χ1) is 9.04. The van der Waals surface area contributed by atoms with E-state index in [0.29, 0.717) is 12.1 Å². The minimum Gasteiger partial charge on any atom is -0.507 e. The smallest absolute Gasteiger partial charge is 0.258 e. The van der Waals surface area contributed by atoms with Crippen LogP contribution in [0.2, 0.25) is 0 Å². The number of phenols is 1. The second-order valence-electron chi connectivity index (χ2n) is 5.40. The highest BCUT2D eigenvalue weighted by molar-refractivity contribution is 5.97. The third-order valence-corrected chi connectivity index (χ3v) is 3.92. The first-order valence-corrected chi connectivity index (χ1v) is 6.87. The van der Waals surface area contributed by atoms with Crippen LogP contribution in [-0.2, 0) is 0 Å². The van der Waals surface area contributed by atoms with Gasteiger partial charge in [0.25, 0.3) is 5.91 Å². The van der Waals surface area contributed by atoms with Crippen molar-refractivity contribution in [2.24, 2.45) is 5.73 Å². The lowest BCUT2D eigenvalue weighted by atomic mass is 9.95. The van der Waals surface area contributed by atoms with Gasteiger partial charge in [0.1, 0.15) is 5.75 Å². The topological polar surface area (TPSA) is 66.6 Å². The number of benzene rings is 1. The minimum atomic E-state index is -0.108. The van der Waals surface area contributed by atoms with Gasteiger partial charge < -0.3 is 15.7 Å². The van der Waals surface area contributed by atoms with Crippen molar-refractivity contribution in [2.45, 2.75) is 45.2 Å². The summed E-state index contributed by atoms with van der Waals surface area (Å²) < 4.78 is 0. The molecule has 0 saturated carbocycles. The van der Waals surface area contributed by atoms with Crippen LogP contribution in [0.15, 0.2) is 18.2 Å². The van der Waals surface area contributed by atoms with Crippen molar-refractivity contribution in [3.05, 3.63) is 29.3 Å². The van der Waals surface area contributed by atoms with Gasteiger partial charge in [-0.1, -0.05) is 11.6 Å². The number of hydrogen-bond acceptors (Lipinski definition) is 3. The maximum Gasteiger partial charge on any atom is 0.258 e. The van der Waals surface area contributed by atoms with E-state index in [0.717, 1.165) is 24.8 Å². The van der Waals surface area contributed by atoms with Gasteiger partial charge in [0, 0.05) is 18.6 Å². The van der Waals surface area contributed by atoms with Crippen molar-refractivity contribution in [3.8, 4) is 5.75 Å². The monoisotopic (exact) mass is 262 g/mol. The van der Waals surface area contributed by atoms with Gasteiger partial charge in [-0.05, 0) is 45.2 Å². The van der Waals surface area contributed by atoms with Gasteiger partial charge >= 0.3 is 0 Å². The Labute approximate surface area is 114 Å². The molecule has 19 heavy (non-hydrogen) atoms. The average Bonchev–Trinajstić information content (AvgIpc) is 2.40. The molecule has 2 atom stereocenters. The highest BCUT2D eigenvalue weighted by atomic mass is 16.3. The molecule has 1 aromatic carbocycles. The number of carbonyl (C=O) groups excluding carboxylic acids is 1. The molecule has 1 heterocycles. The van der Waals surface area contributed by atoms with Crippen molar-refractivity contribution in [2.75, 3.05) is 6.54 Å². The van der Waals surface area contributed by atoms with E-state index in [9.17, 15) is 9.90 Å². The summed E-state index contributed by atoms with van der Waals surface area (Å²) in [6, 6.07) is 5.37. The van der Waals surface area contributed by atoms with Crippen LogP contribution in [0, 0.1) is 6.92 Å². The molecule has 2 unspecified atom stereocenters. The van der Waals surface area contributed by atoms with Crippen molar-refractivity contribution in [1.82, 2.24) is 4.90 Å². The molecule has 0 spiro atoms. The summed E-state index contributed by atoms with van der Waals surface area (Å²) in [5, 5.41) is 9.90.